The fraction of sp³-hybridized carbons (Fsp3) is 0.250. The molecule has 4 nitrogen and oxygen atoms in total. The van der Waals surface area contributed by atoms with Gasteiger partial charge in [0.2, 0.25) is 0 Å². The summed E-state index contributed by atoms with van der Waals surface area (Å²) in [4.78, 5) is 4.07. The third-order valence-electron chi connectivity index (χ3n) is 2.25. The molecule has 0 radical (unpaired) electrons. The van der Waals surface area contributed by atoms with Crippen molar-refractivity contribution in [1.82, 2.24) is 4.98 Å². The van der Waals surface area contributed by atoms with Gasteiger partial charge in [-0.3, -0.25) is 0 Å². The summed E-state index contributed by atoms with van der Waals surface area (Å²) in [5, 5.41) is 0. The lowest BCUT2D eigenvalue weighted by molar-refractivity contribution is 0.330. The van der Waals surface area contributed by atoms with Crippen molar-refractivity contribution in [3.63, 3.8) is 0 Å². The summed E-state index contributed by atoms with van der Waals surface area (Å²) < 4.78 is 10.6. The van der Waals surface area contributed by atoms with Gasteiger partial charge in [0.05, 0.1) is 5.69 Å². The number of nitrogens with zero attached hydrogens (tertiary/aromatic N) is 1. The highest BCUT2D eigenvalue weighted by Gasteiger charge is 2.05. The van der Waals surface area contributed by atoms with Crippen LogP contribution in [0.25, 0.3) is 0 Å². The molecule has 0 unspecified atom stereocenters. The van der Waals surface area contributed by atoms with Crippen LogP contribution in [0.5, 0.6) is 11.8 Å². The fourth-order valence-electron chi connectivity index (χ4n) is 1.36. The van der Waals surface area contributed by atoms with Crippen molar-refractivity contribution in [2.45, 2.75) is 19.9 Å². The zero-order valence-corrected chi connectivity index (χ0v) is 9.14. The van der Waals surface area contributed by atoms with E-state index in [0.29, 0.717) is 12.2 Å². The zero-order chi connectivity index (χ0) is 11.4. The molecule has 0 fully saturated rings. The van der Waals surface area contributed by atoms with Crippen molar-refractivity contribution < 1.29 is 9.15 Å². The smallest absolute Gasteiger partial charge is 0.399 e. The van der Waals surface area contributed by atoms with E-state index in [0.717, 1.165) is 12.2 Å². The van der Waals surface area contributed by atoms with Crippen LogP contribution in [0, 0.1) is 0 Å². The van der Waals surface area contributed by atoms with Crippen molar-refractivity contribution in [2.75, 3.05) is 0 Å². The van der Waals surface area contributed by atoms with Gasteiger partial charge in [-0.2, -0.15) is 4.98 Å². The summed E-state index contributed by atoms with van der Waals surface area (Å²) in [6.45, 7) is 2.44. The first kappa shape index (κ1) is 10.7. The molecule has 0 aliphatic heterocycles. The highest BCUT2D eigenvalue weighted by Crippen LogP contribution is 2.21. The second-order valence-corrected chi connectivity index (χ2v) is 3.41. The minimum absolute atomic E-state index is 0.230. The van der Waals surface area contributed by atoms with Gasteiger partial charge in [0.1, 0.15) is 12.0 Å². The molecule has 1 aromatic carbocycles. The minimum Gasteiger partial charge on any atom is -0.417 e. The number of nitrogens with two attached hydrogens (primary N) is 1. The number of benzene rings is 1. The number of hydrogen-bond donors (Lipinski definition) is 1. The maximum Gasteiger partial charge on any atom is 0.399 e. The van der Waals surface area contributed by atoms with Gasteiger partial charge in [0.25, 0.3) is 0 Å². The maximum absolute atomic E-state index is 5.47. The predicted octanol–water partition coefficient (Wildman–Crippen LogP) is 2.49. The van der Waals surface area contributed by atoms with Crippen LogP contribution in [-0.4, -0.2) is 4.98 Å². The predicted molar refractivity (Wildman–Crippen MR) is 60.3 cm³/mol. The summed E-state index contributed by atoms with van der Waals surface area (Å²) in [6, 6.07) is 7.83. The largest absolute Gasteiger partial charge is 0.417 e. The van der Waals surface area contributed by atoms with E-state index in [9.17, 15) is 0 Å². The number of ether oxygens (including phenoxy) is 1. The number of aromatic nitrogens is 1. The zero-order valence-electron chi connectivity index (χ0n) is 9.14. The third-order valence-corrected chi connectivity index (χ3v) is 2.25. The van der Waals surface area contributed by atoms with Crippen molar-refractivity contribution in [3.05, 3.63) is 41.8 Å². The normalized spacial score (nSPS) is 10.4. The van der Waals surface area contributed by atoms with E-state index in [4.69, 9.17) is 14.9 Å². The molecular weight excluding hydrogens is 204 g/mol. The van der Waals surface area contributed by atoms with E-state index in [2.05, 4.69) is 11.9 Å². The highest BCUT2D eigenvalue weighted by molar-refractivity contribution is 5.30. The maximum atomic E-state index is 5.47. The molecule has 0 atom stereocenters. The van der Waals surface area contributed by atoms with Crippen LogP contribution in [0.4, 0.5) is 0 Å². The second-order valence-electron chi connectivity index (χ2n) is 3.41. The lowest BCUT2D eigenvalue weighted by Crippen LogP contribution is -1.95. The van der Waals surface area contributed by atoms with E-state index in [1.54, 1.807) is 0 Å². The van der Waals surface area contributed by atoms with Gasteiger partial charge < -0.3 is 14.9 Å². The first-order valence-corrected chi connectivity index (χ1v) is 5.23. The Balaban J connectivity index is 2.13. The molecule has 0 spiro atoms. The van der Waals surface area contributed by atoms with Gasteiger partial charge in [-0.25, -0.2) is 0 Å². The fourth-order valence-corrected chi connectivity index (χ4v) is 1.36. The lowest BCUT2D eigenvalue weighted by atomic mass is 10.2. The molecule has 4 heteroatoms. The average Bonchev–Trinajstić information content (AvgIpc) is 2.77. The van der Waals surface area contributed by atoms with E-state index in [-0.39, 0.29) is 6.08 Å². The second kappa shape index (κ2) is 4.81. The lowest BCUT2D eigenvalue weighted by Gasteiger charge is -2.02. The average molecular weight is 218 g/mol. The molecule has 84 valence electrons. The van der Waals surface area contributed by atoms with Crippen molar-refractivity contribution in [1.29, 1.82) is 0 Å². The summed E-state index contributed by atoms with van der Waals surface area (Å²) in [7, 11) is 0. The SMILES string of the molecule is CCc1cccc(Oc2nc(CN)co2)c1. The Bertz CT molecular complexity index is 466. The number of rotatable bonds is 4. The Labute approximate surface area is 94.1 Å². The first-order chi connectivity index (χ1) is 7.81. The Morgan fingerprint density at radius 2 is 2.31 bits per heavy atom. The van der Waals surface area contributed by atoms with Gasteiger partial charge >= 0.3 is 6.08 Å². The molecular formula is C12H14N2O2. The van der Waals surface area contributed by atoms with Gasteiger partial charge in [-0.05, 0) is 24.1 Å². The van der Waals surface area contributed by atoms with Crippen LogP contribution in [-0.2, 0) is 13.0 Å². The van der Waals surface area contributed by atoms with E-state index >= 15 is 0 Å². The summed E-state index contributed by atoms with van der Waals surface area (Å²) in [6.07, 6.45) is 2.70. The summed E-state index contributed by atoms with van der Waals surface area (Å²) in [5.74, 6) is 0.727. The van der Waals surface area contributed by atoms with Crippen LogP contribution in [0.3, 0.4) is 0 Å². The Hall–Kier alpha value is -1.81. The van der Waals surface area contributed by atoms with E-state index in [1.807, 2.05) is 24.3 Å². The van der Waals surface area contributed by atoms with Crippen LogP contribution in [0.1, 0.15) is 18.2 Å². The van der Waals surface area contributed by atoms with Crippen LogP contribution < -0.4 is 10.5 Å². The van der Waals surface area contributed by atoms with Gasteiger partial charge in [0.15, 0.2) is 0 Å². The molecule has 2 rings (SSSR count). The van der Waals surface area contributed by atoms with Gasteiger partial charge in [-0.15, -0.1) is 0 Å². The third kappa shape index (κ3) is 2.41. The number of hydrogen-bond acceptors (Lipinski definition) is 4. The summed E-state index contributed by atoms with van der Waals surface area (Å²) in [5.41, 5.74) is 7.32. The van der Waals surface area contributed by atoms with Crippen LogP contribution >= 0.6 is 0 Å². The topological polar surface area (TPSA) is 61.3 Å². The standard InChI is InChI=1S/C12H14N2O2/c1-2-9-4-3-5-11(6-9)16-12-14-10(7-13)8-15-12/h3-6,8H,2,7,13H2,1H3. The molecule has 1 aromatic heterocycles. The van der Waals surface area contributed by atoms with Gasteiger partial charge in [-0.1, -0.05) is 19.1 Å². The molecule has 0 saturated heterocycles. The molecule has 2 N–H and O–H groups in total. The van der Waals surface area contributed by atoms with Crippen molar-refractivity contribution >= 4 is 0 Å². The molecule has 0 saturated carbocycles. The van der Waals surface area contributed by atoms with Crippen molar-refractivity contribution in [3.8, 4) is 11.8 Å². The Morgan fingerprint density at radius 1 is 1.44 bits per heavy atom. The van der Waals surface area contributed by atoms with Crippen LogP contribution in [0.2, 0.25) is 0 Å². The molecule has 0 amide bonds. The van der Waals surface area contributed by atoms with E-state index < -0.39 is 0 Å². The quantitative estimate of drug-likeness (QED) is 0.856. The summed E-state index contributed by atoms with van der Waals surface area (Å²) >= 11 is 0. The van der Waals surface area contributed by atoms with Crippen LogP contribution in [0.15, 0.2) is 34.9 Å². The van der Waals surface area contributed by atoms with Crippen molar-refractivity contribution in [2.24, 2.45) is 5.73 Å². The molecule has 1 heterocycles. The Kier molecular flexibility index (Phi) is 3.22. The molecule has 0 aliphatic rings. The van der Waals surface area contributed by atoms with E-state index in [1.165, 1.54) is 11.8 Å². The molecule has 0 aliphatic carbocycles. The number of aryl methyl sites for hydroxylation is 1. The monoisotopic (exact) mass is 218 g/mol. The first-order valence-electron chi connectivity index (χ1n) is 5.23. The highest BCUT2D eigenvalue weighted by atomic mass is 16.6. The number of oxazole rings is 1. The molecule has 16 heavy (non-hydrogen) atoms. The van der Waals surface area contributed by atoms with Gasteiger partial charge in [0, 0.05) is 6.54 Å². The Morgan fingerprint density at radius 3 is 3.00 bits per heavy atom. The minimum atomic E-state index is 0.230. The molecule has 0 bridgehead atoms. The molecule has 2 aromatic rings.